The van der Waals surface area contributed by atoms with Crippen LogP contribution in [0.25, 0.3) is 10.2 Å². The Morgan fingerprint density at radius 3 is 2.89 bits per heavy atom. The Balaban J connectivity index is 1.75. The molecule has 19 heavy (non-hydrogen) atoms. The summed E-state index contributed by atoms with van der Waals surface area (Å²) >= 11 is 1.47. The second kappa shape index (κ2) is 4.45. The summed E-state index contributed by atoms with van der Waals surface area (Å²) in [5.74, 6) is -0.0332. The molecule has 100 valence electrons. The normalized spacial score (nSPS) is 15.6. The van der Waals surface area contributed by atoms with Gasteiger partial charge in [0.15, 0.2) is 5.13 Å². The number of aromatic nitrogens is 1. The number of carbonyl (C=O) groups is 1. The zero-order chi connectivity index (χ0) is 13.6. The number of thiazole rings is 1. The van der Waals surface area contributed by atoms with E-state index >= 15 is 0 Å². The summed E-state index contributed by atoms with van der Waals surface area (Å²) in [6.07, 6.45) is 0. The highest BCUT2D eigenvalue weighted by molar-refractivity contribution is 7.22. The number of hydrogen-bond acceptors (Lipinski definition) is 4. The van der Waals surface area contributed by atoms with E-state index in [0.717, 1.165) is 15.3 Å². The van der Waals surface area contributed by atoms with Gasteiger partial charge >= 0.3 is 0 Å². The SMILES string of the molecule is CN(C)C(=O)C1CN(c2nc3ccc(F)cc3s2)C1. The molecule has 1 aliphatic rings. The van der Waals surface area contributed by atoms with E-state index in [4.69, 9.17) is 0 Å². The number of halogens is 1. The Morgan fingerprint density at radius 2 is 2.21 bits per heavy atom. The van der Waals surface area contributed by atoms with Crippen molar-refractivity contribution in [1.82, 2.24) is 9.88 Å². The third-order valence-electron chi connectivity index (χ3n) is 3.28. The number of anilines is 1. The lowest BCUT2D eigenvalue weighted by molar-refractivity contribution is -0.133. The fourth-order valence-electron chi connectivity index (χ4n) is 2.18. The van der Waals surface area contributed by atoms with Gasteiger partial charge in [-0.2, -0.15) is 0 Å². The van der Waals surface area contributed by atoms with Gasteiger partial charge in [-0.15, -0.1) is 0 Å². The lowest BCUT2D eigenvalue weighted by atomic mass is 10.00. The Hall–Kier alpha value is -1.69. The molecule has 6 heteroatoms. The highest BCUT2D eigenvalue weighted by atomic mass is 32.1. The first kappa shape index (κ1) is 12.3. The minimum atomic E-state index is -0.244. The maximum atomic E-state index is 13.1. The third kappa shape index (κ3) is 2.16. The molecule has 1 fully saturated rings. The van der Waals surface area contributed by atoms with Gasteiger partial charge in [0.05, 0.1) is 16.1 Å². The Labute approximate surface area is 114 Å². The Bertz CT molecular complexity index is 634. The van der Waals surface area contributed by atoms with Gasteiger partial charge in [-0.05, 0) is 18.2 Å². The molecule has 1 saturated heterocycles. The van der Waals surface area contributed by atoms with Gasteiger partial charge in [0.1, 0.15) is 5.82 Å². The maximum absolute atomic E-state index is 13.1. The fourth-order valence-corrected chi connectivity index (χ4v) is 3.19. The molecule has 1 aromatic heterocycles. The highest BCUT2D eigenvalue weighted by Crippen LogP contribution is 2.33. The van der Waals surface area contributed by atoms with Crippen LogP contribution in [-0.2, 0) is 4.79 Å². The van der Waals surface area contributed by atoms with E-state index < -0.39 is 0 Å². The van der Waals surface area contributed by atoms with Crippen molar-refractivity contribution in [2.24, 2.45) is 5.92 Å². The van der Waals surface area contributed by atoms with E-state index in [2.05, 4.69) is 9.88 Å². The molecule has 0 N–H and O–H groups in total. The second-order valence-corrected chi connectivity index (χ2v) is 5.95. The molecule has 4 nitrogen and oxygen atoms in total. The molecule has 0 spiro atoms. The van der Waals surface area contributed by atoms with E-state index in [1.807, 2.05) is 0 Å². The van der Waals surface area contributed by atoms with Crippen LogP contribution < -0.4 is 4.90 Å². The van der Waals surface area contributed by atoms with Crippen LogP contribution in [0.15, 0.2) is 18.2 Å². The molecular formula is C13H14FN3OS. The van der Waals surface area contributed by atoms with Crippen LogP contribution in [0.4, 0.5) is 9.52 Å². The average molecular weight is 279 g/mol. The van der Waals surface area contributed by atoms with Gasteiger partial charge < -0.3 is 9.80 Å². The van der Waals surface area contributed by atoms with E-state index in [-0.39, 0.29) is 17.6 Å². The van der Waals surface area contributed by atoms with Crippen molar-refractivity contribution in [2.75, 3.05) is 32.1 Å². The first-order chi connectivity index (χ1) is 9.04. The maximum Gasteiger partial charge on any atom is 0.228 e. The predicted molar refractivity (Wildman–Crippen MR) is 74.0 cm³/mol. The topological polar surface area (TPSA) is 36.4 Å². The monoisotopic (exact) mass is 279 g/mol. The number of amides is 1. The Kier molecular flexibility index (Phi) is 2.89. The van der Waals surface area contributed by atoms with Crippen molar-refractivity contribution >= 4 is 32.6 Å². The molecule has 1 amide bonds. The van der Waals surface area contributed by atoms with E-state index in [9.17, 15) is 9.18 Å². The molecule has 0 atom stereocenters. The average Bonchev–Trinajstić information content (AvgIpc) is 2.69. The minimum absolute atomic E-state index is 0.0544. The summed E-state index contributed by atoms with van der Waals surface area (Å²) in [6, 6.07) is 4.60. The van der Waals surface area contributed by atoms with Crippen LogP contribution in [0.5, 0.6) is 0 Å². The van der Waals surface area contributed by atoms with Crippen LogP contribution in [0, 0.1) is 11.7 Å². The van der Waals surface area contributed by atoms with Crippen molar-refractivity contribution in [1.29, 1.82) is 0 Å². The minimum Gasteiger partial charge on any atom is -0.348 e. The number of hydrogen-bond donors (Lipinski definition) is 0. The van der Waals surface area contributed by atoms with Crippen molar-refractivity contribution in [3.8, 4) is 0 Å². The van der Waals surface area contributed by atoms with E-state index in [0.29, 0.717) is 13.1 Å². The molecular weight excluding hydrogens is 265 g/mol. The standard InChI is InChI=1S/C13H14FN3OS/c1-16(2)12(18)8-6-17(7-8)13-15-10-4-3-9(14)5-11(10)19-13/h3-5,8H,6-7H2,1-2H3. The lowest BCUT2D eigenvalue weighted by Gasteiger charge is -2.39. The zero-order valence-electron chi connectivity index (χ0n) is 10.8. The summed E-state index contributed by atoms with van der Waals surface area (Å²) in [4.78, 5) is 19.9. The molecule has 0 saturated carbocycles. The first-order valence-electron chi connectivity index (χ1n) is 6.07. The molecule has 0 unspecified atom stereocenters. The number of nitrogens with zero attached hydrogens (tertiary/aromatic N) is 3. The van der Waals surface area contributed by atoms with Gasteiger partial charge in [-0.1, -0.05) is 11.3 Å². The smallest absolute Gasteiger partial charge is 0.228 e. The van der Waals surface area contributed by atoms with Gasteiger partial charge in [0, 0.05) is 27.2 Å². The quantitative estimate of drug-likeness (QED) is 0.843. The van der Waals surface area contributed by atoms with Gasteiger partial charge in [-0.25, -0.2) is 9.37 Å². The van der Waals surface area contributed by atoms with Crippen molar-refractivity contribution in [3.63, 3.8) is 0 Å². The van der Waals surface area contributed by atoms with Gasteiger partial charge in [0.2, 0.25) is 5.91 Å². The van der Waals surface area contributed by atoms with Crippen LogP contribution >= 0.6 is 11.3 Å². The largest absolute Gasteiger partial charge is 0.348 e. The number of rotatable bonds is 2. The molecule has 0 aliphatic carbocycles. The zero-order valence-corrected chi connectivity index (χ0v) is 11.6. The fraction of sp³-hybridized carbons (Fsp3) is 0.385. The number of fused-ring (bicyclic) bond motifs is 1. The molecule has 0 bridgehead atoms. The van der Waals surface area contributed by atoms with Crippen LogP contribution in [0.2, 0.25) is 0 Å². The van der Waals surface area contributed by atoms with Crippen LogP contribution in [0.1, 0.15) is 0 Å². The second-order valence-electron chi connectivity index (χ2n) is 4.94. The van der Waals surface area contributed by atoms with Crippen molar-refractivity contribution in [3.05, 3.63) is 24.0 Å². The summed E-state index contributed by atoms with van der Waals surface area (Å²) in [5.41, 5.74) is 0.809. The van der Waals surface area contributed by atoms with Gasteiger partial charge in [-0.3, -0.25) is 4.79 Å². The van der Waals surface area contributed by atoms with Gasteiger partial charge in [0.25, 0.3) is 0 Å². The number of carbonyl (C=O) groups excluding carboxylic acids is 1. The molecule has 2 aromatic rings. The third-order valence-corrected chi connectivity index (χ3v) is 4.36. The van der Waals surface area contributed by atoms with Crippen LogP contribution in [0.3, 0.4) is 0 Å². The molecule has 3 rings (SSSR count). The van der Waals surface area contributed by atoms with E-state index in [1.54, 1.807) is 25.1 Å². The summed E-state index contributed by atoms with van der Waals surface area (Å²) < 4.78 is 14.0. The number of benzene rings is 1. The van der Waals surface area contributed by atoms with Crippen LogP contribution in [-0.4, -0.2) is 43.0 Å². The summed E-state index contributed by atoms with van der Waals surface area (Å²) in [7, 11) is 3.54. The summed E-state index contributed by atoms with van der Waals surface area (Å²) in [6.45, 7) is 1.39. The highest BCUT2D eigenvalue weighted by Gasteiger charge is 2.35. The lowest BCUT2D eigenvalue weighted by Crippen LogP contribution is -2.53. The molecule has 1 aliphatic heterocycles. The predicted octanol–water partition coefficient (Wildman–Crippen LogP) is 1.96. The molecule has 1 aromatic carbocycles. The van der Waals surface area contributed by atoms with Crippen molar-refractivity contribution < 1.29 is 9.18 Å². The van der Waals surface area contributed by atoms with E-state index in [1.165, 1.54) is 23.5 Å². The Morgan fingerprint density at radius 1 is 1.47 bits per heavy atom. The first-order valence-corrected chi connectivity index (χ1v) is 6.88. The molecule has 2 heterocycles. The van der Waals surface area contributed by atoms with Crippen molar-refractivity contribution in [2.45, 2.75) is 0 Å². The molecule has 0 radical (unpaired) electrons. The summed E-state index contributed by atoms with van der Waals surface area (Å²) in [5, 5.41) is 0.864.